The van der Waals surface area contributed by atoms with E-state index in [1.165, 1.54) is 0 Å². The van der Waals surface area contributed by atoms with E-state index in [-0.39, 0.29) is 0 Å². The number of carbonyl (C=O) groups excluding carboxylic acids is 1. The number of nitrogens with zero attached hydrogens (tertiary/aromatic N) is 3. The normalized spacial score (nSPS) is 11.2. The first kappa shape index (κ1) is 15.6. The summed E-state index contributed by atoms with van der Waals surface area (Å²) in [4.78, 5) is 45.4. The Morgan fingerprint density at radius 1 is 1.35 bits per heavy atom. The Bertz CT molecular complexity index is 637. The number of esters is 1. The molecule has 1 rings (SSSR count). The molecule has 0 aliphatic heterocycles. The molecule has 0 saturated carbocycles. The molecule has 0 atom stereocenters. The smallest absolute Gasteiger partial charge is 0.350 e. The molecule has 0 fully saturated rings. The molecule has 0 unspecified atom stereocenters. The predicted octanol–water partition coefficient (Wildman–Crippen LogP) is -0.964. The van der Waals surface area contributed by atoms with Crippen molar-refractivity contribution < 1.29 is 19.4 Å². The maximum absolute atomic E-state index is 11.8. The summed E-state index contributed by atoms with van der Waals surface area (Å²) in [5.41, 5.74) is -2.52. The van der Waals surface area contributed by atoms with Crippen LogP contribution in [0.2, 0.25) is 0 Å². The molecule has 0 spiro atoms. The molecular weight excluding hydrogens is 270 g/mol. The van der Waals surface area contributed by atoms with Crippen molar-refractivity contribution in [1.29, 1.82) is 0 Å². The molecule has 1 aromatic heterocycles. The molecule has 1 N–H and O–H groups in total. The van der Waals surface area contributed by atoms with Crippen molar-refractivity contribution in [3.05, 3.63) is 27.0 Å². The van der Waals surface area contributed by atoms with Crippen molar-refractivity contribution in [2.75, 3.05) is 0 Å². The second-order valence-corrected chi connectivity index (χ2v) is 5.06. The van der Waals surface area contributed by atoms with E-state index in [0.717, 1.165) is 6.20 Å². The minimum absolute atomic E-state index is 0.587. The third kappa shape index (κ3) is 3.77. The molecule has 0 amide bonds. The monoisotopic (exact) mass is 285 g/mol. The van der Waals surface area contributed by atoms with Gasteiger partial charge in [-0.15, -0.1) is 0 Å². The first-order valence-electron chi connectivity index (χ1n) is 5.69. The van der Waals surface area contributed by atoms with Crippen LogP contribution >= 0.6 is 0 Å². The van der Waals surface area contributed by atoms with E-state index in [0.29, 0.717) is 9.25 Å². The van der Waals surface area contributed by atoms with Gasteiger partial charge in [-0.25, -0.2) is 14.0 Å². The third-order valence-electron chi connectivity index (χ3n) is 2.25. The van der Waals surface area contributed by atoms with Crippen molar-refractivity contribution in [1.82, 2.24) is 14.3 Å². The van der Waals surface area contributed by atoms with Crippen LogP contribution in [0.15, 0.2) is 15.8 Å². The Morgan fingerprint density at radius 2 is 1.95 bits per heavy atom. The first-order chi connectivity index (χ1) is 9.12. The van der Waals surface area contributed by atoms with E-state index in [4.69, 9.17) is 9.84 Å². The summed E-state index contributed by atoms with van der Waals surface area (Å²) in [7, 11) is 0. The fourth-order valence-corrected chi connectivity index (χ4v) is 1.17. The highest BCUT2D eigenvalue weighted by Gasteiger charge is 2.23. The average molecular weight is 285 g/mol. The molecule has 1 aromatic rings. The summed E-state index contributed by atoms with van der Waals surface area (Å²) < 4.78 is 6.04. The number of ether oxygens (including phenoxy) is 1. The van der Waals surface area contributed by atoms with E-state index in [9.17, 15) is 19.2 Å². The molecule has 0 aliphatic rings. The number of carboxylic acids is 1. The maximum Gasteiger partial charge on any atom is 0.350 e. The Hall–Kier alpha value is -2.45. The zero-order valence-corrected chi connectivity index (χ0v) is 11.3. The average Bonchev–Trinajstić information content (AvgIpc) is 2.30. The van der Waals surface area contributed by atoms with Gasteiger partial charge in [-0.05, 0) is 20.8 Å². The standard InChI is InChI=1S/C11H15N3O6/c1-11(2,3)9(18)20-6-13-7(15)4-12-14(10(13)19)5-8(16)17/h4H,5-6H2,1-3H3,(H,16,17). The Kier molecular flexibility index (Phi) is 4.43. The van der Waals surface area contributed by atoms with E-state index in [1.54, 1.807) is 20.8 Å². The summed E-state index contributed by atoms with van der Waals surface area (Å²) in [5, 5.41) is 12.0. The number of aromatic nitrogens is 3. The Labute approximate surface area is 113 Å². The lowest BCUT2D eigenvalue weighted by Gasteiger charge is -2.16. The van der Waals surface area contributed by atoms with Crippen LogP contribution in [0, 0.1) is 5.41 Å². The number of aliphatic carboxylic acids is 1. The molecule has 110 valence electrons. The highest BCUT2D eigenvalue weighted by Crippen LogP contribution is 2.14. The van der Waals surface area contributed by atoms with Crippen LogP contribution in [0.3, 0.4) is 0 Å². The van der Waals surface area contributed by atoms with Gasteiger partial charge in [-0.2, -0.15) is 5.10 Å². The van der Waals surface area contributed by atoms with Gasteiger partial charge in [-0.3, -0.25) is 14.4 Å². The molecule has 0 bridgehead atoms. The number of hydrogen-bond donors (Lipinski definition) is 1. The molecule has 1 heterocycles. The minimum atomic E-state index is -1.28. The van der Waals surface area contributed by atoms with E-state index in [2.05, 4.69) is 5.10 Å². The number of carboxylic acid groups (broad SMARTS) is 1. The van der Waals surface area contributed by atoms with Crippen LogP contribution in [0.5, 0.6) is 0 Å². The molecule has 9 heteroatoms. The van der Waals surface area contributed by atoms with Gasteiger partial charge in [0.2, 0.25) is 0 Å². The van der Waals surface area contributed by atoms with Crippen LogP contribution in [-0.4, -0.2) is 31.4 Å². The second-order valence-electron chi connectivity index (χ2n) is 5.06. The highest BCUT2D eigenvalue weighted by molar-refractivity contribution is 5.75. The second kappa shape index (κ2) is 5.68. The predicted molar refractivity (Wildman–Crippen MR) is 65.9 cm³/mol. The number of hydrogen-bond acceptors (Lipinski definition) is 6. The lowest BCUT2D eigenvalue weighted by Crippen LogP contribution is -2.43. The maximum atomic E-state index is 11.8. The summed E-state index contributed by atoms with van der Waals surface area (Å²) in [6.07, 6.45) is 0.787. The van der Waals surface area contributed by atoms with E-state index in [1.807, 2.05) is 0 Å². The molecule has 20 heavy (non-hydrogen) atoms. The van der Waals surface area contributed by atoms with Crippen molar-refractivity contribution in [2.45, 2.75) is 34.0 Å². The Balaban J connectivity index is 3.01. The third-order valence-corrected chi connectivity index (χ3v) is 2.25. The van der Waals surface area contributed by atoms with Gasteiger partial charge in [-0.1, -0.05) is 0 Å². The van der Waals surface area contributed by atoms with Crippen LogP contribution < -0.4 is 11.2 Å². The summed E-state index contributed by atoms with van der Waals surface area (Å²) in [6, 6.07) is 0. The molecule has 9 nitrogen and oxygen atoms in total. The van der Waals surface area contributed by atoms with Gasteiger partial charge >= 0.3 is 17.6 Å². The molecule has 0 aliphatic carbocycles. The molecule has 0 radical (unpaired) electrons. The SMILES string of the molecule is CC(C)(C)C(=O)OCn1c(=O)cnn(CC(=O)O)c1=O. The molecule has 0 saturated heterocycles. The van der Waals surface area contributed by atoms with Crippen LogP contribution in [0.1, 0.15) is 20.8 Å². The number of carbonyl (C=O) groups is 2. The van der Waals surface area contributed by atoms with Crippen molar-refractivity contribution in [3.8, 4) is 0 Å². The highest BCUT2D eigenvalue weighted by atomic mass is 16.5. The lowest BCUT2D eigenvalue weighted by molar-refractivity contribution is -0.157. The zero-order chi connectivity index (χ0) is 15.5. The van der Waals surface area contributed by atoms with Crippen molar-refractivity contribution >= 4 is 11.9 Å². The fraction of sp³-hybridized carbons (Fsp3) is 0.545. The van der Waals surface area contributed by atoms with Gasteiger partial charge in [0.25, 0.3) is 5.56 Å². The van der Waals surface area contributed by atoms with Crippen molar-refractivity contribution in [2.24, 2.45) is 5.41 Å². The Morgan fingerprint density at radius 3 is 2.45 bits per heavy atom. The van der Waals surface area contributed by atoms with E-state index < -0.39 is 41.9 Å². The topological polar surface area (TPSA) is 120 Å². The van der Waals surface area contributed by atoms with Crippen LogP contribution in [-0.2, 0) is 27.6 Å². The van der Waals surface area contributed by atoms with Gasteiger partial charge < -0.3 is 9.84 Å². The first-order valence-corrected chi connectivity index (χ1v) is 5.69. The van der Waals surface area contributed by atoms with Crippen molar-refractivity contribution in [3.63, 3.8) is 0 Å². The summed E-state index contributed by atoms with van der Waals surface area (Å²) in [6.45, 7) is 3.58. The van der Waals surface area contributed by atoms with Gasteiger partial charge in [0.1, 0.15) is 12.7 Å². The van der Waals surface area contributed by atoms with Crippen LogP contribution in [0.4, 0.5) is 0 Å². The van der Waals surface area contributed by atoms with Gasteiger partial charge in [0.05, 0.1) is 5.41 Å². The van der Waals surface area contributed by atoms with Gasteiger partial charge in [0, 0.05) is 0 Å². The van der Waals surface area contributed by atoms with Crippen LogP contribution in [0.25, 0.3) is 0 Å². The lowest BCUT2D eigenvalue weighted by atomic mass is 9.98. The molecular formula is C11H15N3O6. The van der Waals surface area contributed by atoms with E-state index >= 15 is 0 Å². The summed E-state index contributed by atoms with van der Waals surface area (Å²) in [5.74, 6) is -1.87. The van der Waals surface area contributed by atoms with Gasteiger partial charge in [0.15, 0.2) is 6.73 Å². The zero-order valence-electron chi connectivity index (χ0n) is 11.3. The quantitative estimate of drug-likeness (QED) is 0.707. The largest absolute Gasteiger partial charge is 0.480 e. The number of rotatable bonds is 4. The summed E-state index contributed by atoms with van der Waals surface area (Å²) >= 11 is 0. The fourth-order valence-electron chi connectivity index (χ4n) is 1.17. The molecule has 0 aromatic carbocycles. The minimum Gasteiger partial charge on any atom is -0.480 e.